The first-order valence-corrected chi connectivity index (χ1v) is 8.43. The van der Waals surface area contributed by atoms with Crippen LogP contribution < -0.4 is 5.73 Å². The molecule has 0 aromatic rings. The molecule has 2 atom stereocenters. The smallest absolute Gasteiger partial charge is 0.230 e. The van der Waals surface area contributed by atoms with E-state index in [1.54, 1.807) is 4.90 Å². The van der Waals surface area contributed by atoms with Crippen LogP contribution in [0.25, 0.3) is 0 Å². The van der Waals surface area contributed by atoms with Crippen molar-refractivity contribution in [1.82, 2.24) is 4.90 Å². The highest BCUT2D eigenvalue weighted by molar-refractivity contribution is 7.91. The van der Waals surface area contributed by atoms with Crippen molar-refractivity contribution in [3.63, 3.8) is 0 Å². The van der Waals surface area contributed by atoms with Gasteiger partial charge in [-0.25, -0.2) is 8.42 Å². The zero-order valence-corrected chi connectivity index (χ0v) is 11.7. The van der Waals surface area contributed by atoms with Crippen LogP contribution in [-0.4, -0.2) is 49.9 Å². The number of carbonyl (C=O) groups is 1. The summed E-state index contributed by atoms with van der Waals surface area (Å²) in [7, 11) is -2.97. The lowest BCUT2D eigenvalue weighted by Gasteiger charge is -2.33. The maximum absolute atomic E-state index is 12.5. The number of hydrogen-bond donors (Lipinski definition) is 1. The van der Waals surface area contributed by atoms with Gasteiger partial charge in [0.25, 0.3) is 0 Å². The van der Waals surface area contributed by atoms with Crippen LogP contribution in [0.2, 0.25) is 0 Å². The first kappa shape index (κ1) is 13.8. The van der Waals surface area contributed by atoms with E-state index in [4.69, 9.17) is 5.73 Å². The van der Waals surface area contributed by atoms with Gasteiger partial charge in [-0.2, -0.15) is 0 Å². The molecule has 1 saturated carbocycles. The molecular formula is C12H22N2O3S. The Labute approximate surface area is 109 Å². The summed E-state index contributed by atoms with van der Waals surface area (Å²) in [6.45, 7) is 2.79. The van der Waals surface area contributed by atoms with Crippen LogP contribution in [0.3, 0.4) is 0 Å². The van der Waals surface area contributed by atoms with Crippen molar-refractivity contribution in [2.45, 2.75) is 38.6 Å². The Kier molecular flexibility index (Phi) is 3.69. The molecule has 1 saturated heterocycles. The van der Waals surface area contributed by atoms with Crippen LogP contribution in [0.4, 0.5) is 0 Å². The zero-order chi connectivity index (χ0) is 13.4. The van der Waals surface area contributed by atoms with E-state index in [0.29, 0.717) is 19.5 Å². The molecule has 0 radical (unpaired) electrons. The minimum absolute atomic E-state index is 0.0459. The van der Waals surface area contributed by atoms with E-state index >= 15 is 0 Å². The van der Waals surface area contributed by atoms with E-state index in [0.717, 1.165) is 19.3 Å². The molecule has 5 nitrogen and oxygen atoms in total. The molecular weight excluding hydrogens is 252 g/mol. The SMILES string of the molecule is CC1(C(=O)N2CCCS(=O)(=O)CC2)CCCC1N. The minimum atomic E-state index is -2.97. The van der Waals surface area contributed by atoms with Gasteiger partial charge in [0.2, 0.25) is 5.91 Å². The van der Waals surface area contributed by atoms with E-state index < -0.39 is 15.3 Å². The first-order valence-electron chi connectivity index (χ1n) is 6.60. The van der Waals surface area contributed by atoms with Gasteiger partial charge in [-0.3, -0.25) is 4.79 Å². The summed E-state index contributed by atoms with van der Waals surface area (Å²) in [6, 6.07) is -0.0927. The summed E-state index contributed by atoms with van der Waals surface area (Å²) in [5.41, 5.74) is 5.56. The minimum Gasteiger partial charge on any atom is -0.341 e. The van der Waals surface area contributed by atoms with Crippen LogP contribution in [0.1, 0.15) is 32.6 Å². The number of carbonyl (C=O) groups excluding carboxylic acids is 1. The molecule has 2 rings (SSSR count). The lowest BCUT2D eigenvalue weighted by molar-refractivity contribution is -0.141. The summed E-state index contributed by atoms with van der Waals surface area (Å²) in [4.78, 5) is 14.3. The molecule has 0 aromatic carbocycles. The van der Waals surface area contributed by atoms with Gasteiger partial charge < -0.3 is 10.6 Å². The predicted molar refractivity (Wildman–Crippen MR) is 69.8 cm³/mol. The Morgan fingerprint density at radius 2 is 2.00 bits per heavy atom. The van der Waals surface area contributed by atoms with Gasteiger partial charge in [0, 0.05) is 19.1 Å². The van der Waals surface area contributed by atoms with Gasteiger partial charge in [-0.15, -0.1) is 0 Å². The van der Waals surface area contributed by atoms with Crippen LogP contribution in [0.15, 0.2) is 0 Å². The monoisotopic (exact) mass is 274 g/mol. The standard InChI is InChI=1S/C12H22N2O3S/c1-12(5-2-4-10(12)13)11(15)14-6-3-8-18(16,17)9-7-14/h10H,2-9,13H2,1H3. The molecule has 0 bridgehead atoms. The molecule has 6 heteroatoms. The zero-order valence-electron chi connectivity index (χ0n) is 10.9. The van der Waals surface area contributed by atoms with E-state index in [-0.39, 0.29) is 23.5 Å². The maximum atomic E-state index is 12.5. The molecule has 2 fully saturated rings. The summed E-state index contributed by atoms with van der Waals surface area (Å²) >= 11 is 0. The molecule has 2 aliphatic rings. The molecule has 1 aliphatic heterocycles. The molecule has 1 aliphatic carbocycles. The predicted octanol–water partition coefficient (Wildman–Crippen LogP) is 0.151. The number of amides is 1. The van der Waals surface area contributed by atoms with Crippen molar-refractivity contribution in [2.75, 3.05) is 24.6 Å². The van der Waals surface area contributed by atoms with Crippen molar-refractivity contribution >= 4 is 15.7 Å². The fourth-order valence-electron chi connectivity index (χ4n) is 2.96. The van der Waals surface area contributed by atoms with Crippen LogP contribution in [0.5, 0.6) is 0 Å². The lowest BCUT2D eigenvalue weighted by Crippen LogP contribution is -2.50. The third-order valence-corrected chi connectivity index (χ3v) is 6.08. The second kappa shape index (κ2) is 4.81. The number of rotatable bonds is 1. The second-order valence-corrected chi connectivity index (χ2v) is 8.02. The average Bonchev–Trinajstić information content (AvgIpc) is 2.54. The Morgan fingerprint density at radius 1 is 1.28 bits per heavy atom. The molecule has 18 heavy (non-hydrogen) atoms. The molecule has 2 unspecified atom stereocenters. The van der Waals surface area contributed by atoms with Crippen molar-refractivity contribution < 1.29 is 13.2 Å². The van der Waals surface area contributed by atoms with Gasteiger partial charge in [0.1, 0.15) is 0 Å². The molecule has 0 aromatic heterocycles. The fourth-order valence-corrected chi connectivity index (χ4v) is 4.23. The number of hydrogen-bond acceptors (Lipinski definition) is 4. The average molecular weight is 274 g/mol. The van der Waals surface area contributed by atoms with Gasteiger partial charge in [-0.1, -0.05) is 6.42 Å². The fraction of sp³-hybridized carbons (Fsp3) is 0.917. The van der Waals surface area contributed by atoms with Crippen molar-refractivity contribution in [3.8, 4) is 0 Å². The lowest BCUT2D eigenvalue weighted by atomic mass is 9.83. The number of nitrogens with zero attached hydrogens (tertiary/aromatic N) is 1. The van der Waals surface area contributed by atoms with Gasteiger partial charge in [-0.05, 0) is 26.2 Å². The molecule has 1 heterocycles. The van der Waals surface area contributed by atoms with E-state index in [9.17, 15) is 13.2 Å². The molecule has 2 N–H and O–H groups in total. The van der Waals surface area contributed by atoms with E-state index in [1.165, 1.54) is 0 Å². The summed E-state index contributed by atoms with van der Waals surface area (Å²) in [5, 5.41) is 0. The highest BCUT2D eigenvalue weighted by atomic mass is 32.2. The third kappa shape index (κ3) is 2.54. The highest BCUT2D eigenvalue weighted by Gasteiger charge is 2.45. The van der Waals surface area contributed by atoms with E-state index in [2.05, 4.69) is 0 Å². The van der Waals surface area contributed by atoms with Crippen molar-refractivity contribution in [1.29, 1.82) is 0 Å². The summed E-state index contributed by atoms with van der Waals surface area (Å²) in [6.07, 6.45) is 3.22. The normalized spacial score (nSPS) is 36.3. The first-order chi connectivity index (χ1) is 8.35. The van der Waals surface area contributed by atoms with Gasteiger partial charge >= 0.3 is 0 Å². The number of nitrogens with two attached hydrogens (primary N) is 1. The Hall–Kier alpha value is -0.620. The maximum Gasteiger partial charge on any atom is 0.230 e. The quantitative estimate of drug-likeness (QED) is 0.738. The third-order valence-electron chi connectivity index (χ3n) is 4.36. The second-order valence-electron chi connectivity index (χ2n) is 5.71. The summed E-state index contributed by atoms with van der Waals surface area (Å²) in [5.74, 6) is 0.327. The highest BCUT2D eigenvalue weighted by Crippen LogP contribution is 2.38. The van der Waals surface area contributed by atoms with Crippen LogP contribution in [-0.2, 0) is 14.6 Å². The van der Waals surface area contributed by atoms with Crippen molar-refractivity contribution in [2.24, 2.45) is 11.1 Å². The Balaban J connectivity index is 2.10. The summed E-state index contributed by atoms with van der Waals surface area (Å²) < 4.78 is 23.1. The Bertz CT molecular complexity index is 435. The van der Waals surface area contributed by atoms with Crippen LogP contribution >= 0.6 is 0 Å². The molecule has 0 spiro atoms. The van der Waals surface area contributed by atoms with E-state index in [1.807, 2.05) is 6.92 Å². The molecule has 1 amide bonds. The Morgan fingerprint density at radius 3 is 2.61 bits per heavy atom. The molecule has 104 valence electrons. The van der Waals surface area contributed by atoms with Gasteiger partial charge in [0.15, 0.2) is 9.84 Å². The van der Waals surface area contributed by atoms with Gasteiger partial charge in [0.05, 0.1) is 16.9 Å². The topological polar surface area (TPSA) is 80.5 Å². The number of sulfone groups is 1. The van der Waals surface area contributed by atoms with Crippen LogP contribution in [0, 0.1) is 5.41 Å². The largest absolute Gasteiger partial charge is 0.341 e. The van der Waals surface area contributed by atoms with Crippen molar-refractivity contribution in [3.05, 3.63) is 0 Å².